The molecule has 1 aliphatic heterocycles. The number of piperazine rings is 1. The van der Waals surface area contributed by atoms with Crippen LogP contribution < -0.4 is 5.73 Å². The van der Waals surface area contributed by atoms with Gasteiger partial charge in [-0.25, -0.2) is 4.79 Å². The zero-order valence-electron chi connectivity index (χ0n) is 11.6. The summed E-state index contributed by atoms with van der Waals surface area (Å²) in [6, 6.07) is 6.06. The van der Waals surface area contributed by atoms with E-state index in [1.807, 2.05) is 4.90 Å². The molecule has 0 atom stereocenters. The lowest BCUT2D eigenvalue weighted by atomic mass is 10.1. The molecule has 1 heterocycles. The standard InChI is InChI=1S/C14H18N4O3/c15-14(16)18-6-4-17(5-7-18)9-12(19)10-2-1-3-11(8-10)13(20)21/h1-3,8H,4-7,9H2,(H3,15,16)(H,20,21). The minimum atomic E-state index is -1.04. The van der Waals surface area contributed by atoms with Gasteiger partial charge < -0.3 is 15.7 Å². The van der Waals surface area contributed by atoms with Crippen molar-refractivity contribution in [2.24, 2.45) is 5.73 Å². The number of guanidine groups is 1. The minimum absolute atomic E-state index is 0.0511. The van der Waals surface area contributed by atoms with Crippen molar-refractivity contribution in [2.45, 2.75) is 0 Å². The average Bonchev–Trinajstić information content (AvgIpc) is 2.48. The van der Waals surface area contributed by atoms with Crippen molar-refractivity contribution in [3.8, 4) is 0 Å². The van der Waals surface area contributed by atoms with E-state index in [0.29, 0.717) is 31.7 Å². The molecule has 7 nitrogen and oxygen atoms in total. The molecule has 0 spiro atoms. The Hall–Kier alpha value is -2.41. The first-order chi connectivity index (χ1) is 9.97. The maximum absolute atomic E-state index is 12.2. The molecule has 1 saturated heterocycles. The smallest absolute Gasteiger partial charge is 0.335 e. The van der Waals surface area contributed by atoms with Gasteiger partial charge in [0.05, 0.1) is 12.1 Å². The van der Waals surface area contributed by atoms with Gasteiger partial charge in [-0.05, 0) is 12.1 Å². The molecule has 0 saturated carbocycles. The fraction of sp³-hybridized carbons (Fsp3) is 0.357. The lowest BCUT2D eigenvalue weighted by Gasteiger charge is -2.34. The Bertz CT molecular complexity index is 565. The summed E-state index contributed by atoms with van der Waals surface area (Å²) in [6.45, 7) is 2.80. The number of carboxylic acids is 1. The molecule has 21 heavy (non-hydrogen) atoms. The molecule has 1 aliphatic rings. The fourth-order valence-corrected chi connectivity index (χ4v) is 2.27. The summed E-state index contributed by atoms with van der Waals surface area (Å²) in [6.07, 6.45) is 0. The first-order valence-corrected chi connectivity index (χ1v) is 6.65. The van der Waals surface area contributed by atoms with E-state index in [1.54, 1.807) is 17.0 Å². The zero-order chi connectivity index (χ0) is 15.4. The summed E-state index contributed by atoms with van der Waals surface area (Å²) in [5.41, 5.74) is 5.94. The van der Waals surface area contributed by atoms with Gasteiger partial charge in [0.15, 0.2) is 11.7 Å². The van der Waals surface area contributed by atoms with Crippen molar-refractivity contribution in [1.82, 2.24) is 9.80 Å². The first kappa shape index (κ1) is 15.0. The summed E-state index contributed by atoms with van der Waals surface area (Å²) in [5.74, 6) is -1.09. The van der Waals surface area contributed by atoms with E-state index in [-0.39, 0.29) is 23.9 Å². The molecular weight excluding hydrogens is 272 g/mol. The molecule has 0 unspecified atom stereocenters. The number of nitrogens with one attached hydrogen (secondary N) is 1. The SMILES string of the molecule is N=C(N)N1CCN(CC(=O)c2cccc(C(=O)O)c2)CC1. The number of carbonyl (C=O) groups is 2. The third-order valence-electron chi connectivity index (χ3n) is 3.51. The predicted molar refractivity (Wildman–Crippen MR) is 77.7 cm³/mol. The van der Waals surface area contributed by atoms with Crippen LogP contribution in [-0.4, -0.2) is 65.3 Å². The van der Waals surface area contributed by atoms with Gasteiger partial charge in [0.1, 0.15) is 0 Å². The molecular formula is C14H18N4O3. The van der Waals surface area contributed by atoms with Crippen LogP contribution in [0.4, 0.5) is 0 Å². The Morgan fingerprint density at radius 1 is 1.19 bits per heavy atom. The first-order valence-electron chi connectivity index (χ1n) is 6.65. The van der Waals surface area contributed by atoms with Gasteiger partial charge in [0.2, 0.25) is 0 Å². The molecule has 1 aromatic carbocycles. The monoisotopic (exact) mass is 290 g/mol. The fourth-order valence-electron chi connectivity index (χ4n) is 2.27. The number of rotatable bonds is 4. The van der Waals surface area contributed by atoms with Crippen molar-refractivity contribution in [1.29, 1.82) is 5.41 Å². The number of carbonyl (C=O) groups excluding carboxylic acids is 1. The molecule has 0 radical (unpaired) electrons. The second-order valence-electron chi connectivity index (χ2n) is 4.96. The topological polar surface area (TPSA) is 111 Å². The lowest BCUT2D eigenvalue weighted by molar-refractivity contribution is 0.0697. The van der Waals surface area contributed by atoms with Crippen LogP contribution in [0.5, 0.6) is 0 Å². The summed E-state index contributed by atoms with van der Waals surface area (Å²) in [5, 5.41) is 16.3. The van der Waals surface area contributed by atoms with Crippen LogP contribution in [0.25, 0.3) is 0 Å². The van der Waals surface area contributed by atoms with Gasteiger partial charge >= 0.3 is 5.97 Å². The molecule has 7 heteroatoms. The highest BCUT2D eigenvalue weighted by atomic mass is 16.4. The Morgan fingerprint density at radius 2 is 1.81 bits per heavy atom. The number of benzene rings is 1. The summed E-state index contributed by atoms with van der Waals surface area (Å²) < 4.78 is 0. The normalized spacial score (nSPS) is 15.7. The number of aromatic carboxylic acids is 1. The van der Waals surface area contributed by atoms with E-state index in [4.69, 9.17) is 16.2 Å². The Balaban J connectivity index is 1.95. The van der Waals surface area contributed by atoms with Gasteiger partial charge in [0.25, 0.3) is 0 Å². The van der Waals surface area contributed by atoms with Crippen molar-refractivity contribution in [3.05, 3.63) is 35.4 Å². The second kappa shape index (κ2) is 6.36. The lowest BCUT2D eigenvalue weighted by Crippen LogP contribution is -2.51. The van der Waals surface area contributed by atoms with Gasteiger partial charge in [-0.2, -0.15) is 0 Å². The van der Waals surface area contributed by atoms with Crippen LogP contribution in [0.2, 0.25) is 0 Å². The molecule has 1 aromatic rings. The number of hydrogen-bond donors (Lipinski definition) is 3. The molecule has 0 aromatic heterocycles. The van der Waals surface area contributed by atoms with Crippen LogP contribution in [0.15, 0.2) is 24.3 Å². The van der Waals surface area contributed by atoms with Crippen LogP contribution in [-0.2, 0) is 0 Å². The molecule has 0 aliphatic carbocycles. The van der Waals surface area contributed by atoms with Crippen molar-refractivity contribution < 1.29 is 14.7 Å². The van der Waals surface area contributed by atoms with E-state index in [2.05, 4.69) is 0 Å². The van der Waals surface area contributed by atoms with Crippen LogP contribution in [0, 0.1) is 5.41 Å². The van der Waals surface area contributed by atoms with Gasteiger partial charge in [-0.15, -0.1) is 0 Å². The van der Waals surface area contributed by atoms with E-state index >= 15 is 0 Å². The predicted octanol–water partition coefficient (Wildman–Crippen LogP) is 0.0786. The largest absolute Gasteiger partial charge is 0.478 e. The third-order valence-corrected chi connectivity index (χ3v) is 3.51. The maximum Gasteiger partial charge on any atom is 0.335 e. The Kier molecular flexibility index (Phi) is 4.54. The highest BCUT2D eigenvalue weighted by Gasteiger charge is 2.20. The highest BCUT2D eigenvalue weighted by Crippen LogP contribution is 2.08. The van der Waals surface area contributed by atoms with E-state index < -0.39 is 5.97 Å². The number of Topliss-reactive ketones (excluding diaryl/α,β-unsaturated/α-hetero) is 1. The average molecular weight is 290 g/mol. The highest BCUT2D eigenvalue weighted by molar-refractivity contribution is 6.00. The molecule has 1 fully saturated rings. The van der Waals surface area contributed by atoms with Crippen LogP contribution >= 0.6 is 0 Å². The number of hydrogen-bond acceptors (Lipinski definition) is 4. The van der Waals surface area contributed by atoms with Crippen molar-refractivity contribution >= 4 is 17.7 Å². The Labute approximate surface area is 122 Å². The van der Waals surface area contributed by atoms with E-state index in [0.717, 1.165) is 0 Å². The Morgan fingerprint density at radius 3 is 2.38 bits per heavy atom. The van der Waals surface area contributed by atoms with Gasteiger partial charge in [-0.3, -0.25) is 15.1 Å². The maximum atomic E-state index is 12.2. The van der Waals surface area contributed by atoms with E-state index in [9.17, 15) is 9.59 Å². The van der Waals surface area contributed by atoms with Crippen LogP contribution in [0.1, 0.15) is 20.7 Å². The molecule has 2 rings (SSSR count). The molecule has 112 valence electrons. The van der Waals surface area contributed by atoms with Crippen molar-refractivity contribution in [2.75, 3.05) is 32.7 Å². The third kappa shape index (κ3) is 3.79. The quantitative estimate of drug-likeness (QED) is 0.411. The second-order valence-corrected chi connectivity index (χ2v) is 4.96. The summed E-state index contributed by atoms with van der Waals surface area (Å²) >= 11 is 0. The number of nitrogens with two attached hydrogens (primary N) is 1. The minimum Gasteiger partial charge on any atom is -0.478 e. The molecule has 0 bridgehead atoms. The van der Waals surface area contributed by atoms with Crippen molar-refractivity contribution in [3.63, 3.8) is 0 Å². The molecule has 0 amide bonds. The summed E-state index contributed by atoms with van der Waals surface area (Å²) in [7, 11) is 0. The molecule has 4 N–H and O–H groups in total. The number of ketones is 1. The number of nitrogens with zero attached hydrogens (tertiary/aromatic N) is 2. The number of carboxylic acid groups (broad SMARTS) is 1. The van der Waals surface area contributed by atoms with Crippen LogP contribution in [0.3, 0.4) is 0 Å². The van der Waals surface area contributed by atoms with E-state index in [1.165, 1.54) is 12.1 Å². The van der Waals surface area contributed by atoms with Gasteiger partial charge in [0, 0.05) is 31.7 Å². The summed E-state index contributed by atoms with van der Waals surface area (Å²) in [4.78, 5) is 26.8. The van der Waals surface area contributed by atoms with Gasteiger partial charge in [-0.1, -0.05) is 12.1 Å². The zero-order valence-corrected chi connectivity index (χ0v) is 11.6.